The van der Waals surface area contributed by atoms with Crippen LogP contribution in [0.5, 0.6) is 0 Å². The second kappa shape index (κ2) is 13.7. The van der Waals surface area contributed by atoms with Crippen LogP contribution in [0.3, 0.4) is 0 Å². The molecule has 0 aromatic rings. The van der Waals surface area contributed by atoms with Crippen molar-refractivity contribution in [1.82, 2.24) is 5.32 Å². The Kier molecular flexibility index (Phi) is 11.3. The molecule has 228 valence electrons. The third-order valence-corrected chi connectivity index (χ3v) is 7.28. The molecule has 0 spiro atoms. The molecule has 1 amide bonds. The lowest BCUT2D eigenvalue weighted by molar-refractivity contribution is -0.312. The van der Waals surface area contributed by atoms with Gasteiger partial charge in [-0.25, -0.2) is 0 Å². The van der Waals surface area contributed by atoms with Crippen molar-refractivity contribution in [3.63, 3.8) is 0 Å². The Labute approximate surface area is 223 Å². The van der Waals surface area contributed by atoms with Crippen molar-refractivity contribution in [3.05, 3.63) is 0 Å². The van der Waals surface area contributed by atoms with Crippen LogP contribution in [0.15, 0.2) is 0 Å². The van der Waals surface area contributed by atoms with E-state index in [0.29, 0.717) is 0 Å². The predicted molar refractivity (Wildman–Crippen MR) is 127 cm³/mol. The van der Waals surface area contributed by atoms with Gasteiger partial charge in [0.2, 0.25) is 5.91 Å². The van der Waals surface area contributed by atoms with Crippen LogP contribution in [-0.2, 0) is 23.7 Å². The maximum absolute atomic E-state index is 12.4. The number of aliphatic hydroxyl groups excluding tert-OH is 8. The van der Waals surface area contributed by atoms with Crippen molar-refractivity contribution in [3.8, 4) is 0 Å². The molecule has 1 saturated carbocycles. The van der Waals surface area contributed by atoms with Crippen LogP contribution in [0.4, 0.5) is 0 Å². The summed E-state index contributed by atoms with van der Waals surface area (Å²) in [5, 5.41) is 84.7. The van der Waals surface area contributed by atoms with Gasteiger partial charge in [0.15, 0.2) is 12.6 Å². The van der Waals surface area contributed by atoms with Gasteiger partial charge in [-0.3, -0.25) is 4.79 Å². The molecule has 3 aliphatic rings. The maximum Gasteiger partial charge on any atom is 0.249 e. The van der Waals surface area contributed by atoms with Crippen molar-refractivity contribution >= 4 is 5.91 Å². The van der Waals surface area contributed by atoms with E-state index < -0.39 is 110 Å². The van der Waals surface area contributed by atoms with Gasteiger partial charge in [0.05, 0.1) is 30.8 Å². The Morgan fingerprint density at radius 1 is 0.795 bits per heavy atom. The van der Waals surface area contributed by atoms with Crippen LogP contribution < -0.4 is 28.3 Å². The molecule has 0 aromatic heterocycles. The molecule has 16 atom stereocenters. The zero-order valence-corrected chi connectivity index (χ0v) is 21.0. The van der Waals surface area contributed by atoms with Crippen molar-refractivity contribution < 1.29 is 64.6 Å². The van der Waals surface area contributed by atoms with Crippen LogP contribution in [-0.4, -0.2) is 164 Å². The number of ether oxygens (including phenoxy) is 4. The second-order valence-electron chi connectivity index (χ2n) is 9.93. The minimum atomic E-state index is -1.83. The van der Waals surface area contributed by atoms with E-state index in [1.165, 1.54) is 0 Å². The number of carbonyl (C=O) groups is 1. The minimum Gasteiger partial charge on any atom is -0.394 e. The molecule has 39 heavy (non-hydrogen) atoms. The average molecular weight is 572 g/mol. The maximum atomic E-state index is 12.4. The smallest absolute Gasteiger partial charge is 0.249 e. The molecule has 2 saturated heterocycles. The molecule has 1 aliphatic carbocycles. The third-order valence-electron chi connectivity index (χ3n) is 7.28. The Morgan fingerprint density at radius 3 is 1.95 bits per heavy atom. The molecule has 3 rings (SSSR count). The third kappa shape index (κ3) is 6.67. The lowest BCUT2D eigenvalue weighted by Gasteiger charge is -2.49. The Hall–Kier alpha value is -1.17. The van der Waals surface area contributed by atoms with E-state index in [-0.39, 0.29) is 19.5 Å². The molecule has 3 fully saturated rings. The first-order valence-corrected chi connectivity index (χ1v) is 12.6. The number of nitrogens with one attached hydrogen (secondary N) is 1. The molecule has 17 N–H and O–H groups in total. The fraction of sp³-hybridized carbons (Fsp3) is 0.952. The first-order valence-electron chi connectivity index (χ1n) is 12.6. The molecule has 0 radical (unpaired) electrons. The van der Waals surface area contributed by atoms with E-state index in [0.717, 1.165) is 0 Å². The topological polar surface area (TPSA) is 332 Å². The van der Waals surface area contributed by atoms with E-state index in [9.17, 15) is 45.6 Å². The zero-order chi connectivity index (χ0) is 29.2. The first-order chi connectivity index (χ1) is 18.4. The van der Waals surface area contributed by atoms with Crippen LogP contribution in [0.1, 0.15) is 6.42 Å². The van der Waals surface area contributed by atoms with Gasteiger partial charge < -0.3 is 88.1 Å². The number of rotatable bonds is 10. The quantitative estimate of drug-likeness (QED) is 0.116. The van der Waals surface area contributed by atoms with E-state index in [2.05, 4.69) is 5.32 Å². The van der Waals surface area contributed by atoms with Gasteiger partial charge in [-0.2, -0.15) is 0 Å². The van der Waals surface area contributed by atoms with Gasteiger partial charge in [0, 0.05) is 6.54 Å². The highest BCUT2D eigenvalue weighted by atomic mass is 16.7. The summed E-state index contributed by atoms with van der Waals surface area (Å²) in [4.78, 5) is 12.4. The summed E-state index contributed by atoms with van der Waals surface area (Å²) in [5.41, 5.74) is 23.2. The molecule has 2 aliphatic heterocycles. The number of hydrogen-bond donors (Lipinski definition) is 13. The highest BCUT2D eigenvalue weighted by molar-refractivity contribution is 5.80. The molecule has 2 heterocycles. The van der Waals surface area contributed by atoms with Gasteiger partial charge in [0.1, 0.15) is 61.0 Å². The molecule has 0 bridgehead atoms. The van der Waals surface area contributed by atoms with Gasteiger partial charge >= 0.3 is 0 Å². The van der Waals surface area contributed by atoms with Gasteiger partial charge in [-0.1, -0.05) is 0 Å². The van der Waals surface area contributed by atoms with Gasteiger partial charge in [0.25, 0.3) is 0 Å². The van der Waals surface area contributed by atoms with Gasteiger partial charge in [-0.15, -0.1) is 0 Å². The Balaban J connectivity index is 1.89. The van der Waals surface area contributed by atoms with E-state index in [1.807, 2.05) is 0 Å². The Morgan fingerprint density at radius 2 is 1.38 bits per heavy atom. The normalized spacial score (nSPS) is 47.6. The summed E-state index contributed by atoms with van der Waals surface area (Å²) in [5.74, 6) is -0.970. The van der Waals surface area contributed by atoms with E-state index in [1.54, 1.807) is 0 Å². The van der Waals surface area contributed by atoms with Crippen LogP contribution >= 0.6 is 0 Å². The fourth-order valence-electron chi connectivity index (χ4n) is 4.86. The number of carbonyl (C=O) groups excluding carboxylic acids is 1. The summed E-state index contributed by atoms with van der Waals surface area (Å²) < 4.78 is 22.5. The highest BCUT2D eigenvalue weighted by Crippen LogP contribution is 2.32. The van der Waals surface area contributed by atoms with E-state index >= 15 is 0 Å². The van der Waals surface area contributed by atoms with Gasteiger partial charge in [-0.05, 0) is 13.0 Å². The van der Waals surface area contributed by atoms with Crippen LogP contribution in [0.2, 0.25) is 0 Å². The minimum absolute atomic E-state index is 0.0250. The monoisotopic (exact) mass is 571 g/mol. The summed E-state index contributed by atoms with van der Waals surface area (Å²) in [6.45, 7) is -0.927. The number of aliphatic hydroxyl groups is 8. The van der Waals surface area contributed by atoms with Crippen molar-refractivity contribution in [2.24, 2.45) is 22.9 Å². The lowest BCUT2D eigenvalue weighted by atomic mass is 9.81. The molecule has 18 heteroatoms. The molecule has 18 nitrogen and oxygen atoms in total. The zero-order valence-electron chi connectivity index (χ0n) is 21.0. The van der Waals surface area contributed by atoms with Crippen molar-refractivity contribution in [2.45, 2.75) is 104 Å². The van der Waals surface area contributed by atoms with Crippen LogP contribution in [0, 0.1) is 0 Å². The highest BCUT2D eigenvalue weighted by Gasteiger charge is 2.55. The first kappa shape index (κ1) is 32.3. The number of hydrogen-bond acceptors (Lipinski definition) is 17. The fourth-order valence-corrected chi connectivity index (χ4v) is 4.86. The number of nitrogens with two attached hydrogens (primary N) is 4. The summed E-state index contributed by atoms with van der Waals surface area (Å²) in [6, 6.07) is -4.33. The largest absolute Gasteiger partial charge is 0.394 e. The Bertz CT molecular complexity index is 801. The summed E-state index contributed by atoms with van der Waals surface area (Å²) in [6.07, 6.45) is -20.0. The molecule has 0 unspecified atom stereocenters. The molecular formula is C21H41N5O13. The molecular weight excluding hydrogens is 530 g/mol. The van der Waals surface area contributed by atoms with E-state index in [4.69, 9.17) is 41.9 Å². The second-order valence-corrected chi connectivity index (χ2v) is 9.93. The summed E-state index contributed by atoms with van der Waals surface area (Å²) >= 11 is 0. The number of amides is 1. The molecule has 0 aromatic carbocycles. The predicted octanol–water partition coefficient (Wildman–Crippen LogP) is -8.81. The van der Waals surface area contributed by atoms with Crippen molar-refractivity contribution in [2.75, 3.05) is 19.7 Å². The average Bonchev–Trinajstić information content (AvgIpc) is 3.19. The van der Waals surface area contributed by atoms with Crippen molar-refractivity contribution in [1.29, 1.82) is 0 Å². The van der Waals surface area contributed by atoms with Crippen LogP contribution in [0.25, 0.3) is 0 Å². The summed E-state index contributed by atoms with van der Waals surface area (Å²) in [7, 11) is 0. The standard InChI is InChI=1S/C21H41N5O13/c22-2-1-5(28)19(35)26-10-13(31)8(24)17(38-20-9(25)14(32)11(29)6(3-23)36-20)18(15(10)33)39-21-16(34)12(30)7(4-27)37-21/h5-18,20-21,27-34H,1-4,22-25H2,(H,26,35)/t5-,6+,7+,8-,9+,10+,11+,12-,13-,14+,15-,16+,17+,18+,20+,21-/m0/s1. The SMILES string of the molecule is NCC[C@H](O)C(=O)N[C@@H]1[C@@H](O)[C@H](N)[C@@H](O[C@H]2O[C@H](CN)[C@@H](O)[C@H](O)[C@H]2N)[C@H](O[C@@H]2O[C@H](CO)[C@H](O)[C@H]2O)[C@H]1O. The lowest BCUT2D eigenvalue weighted by Crippen LogP contribution is -2.74.